The molecule has 0 saturated carbocycles. The van der Waals surface area contributed by atoms with Gasteiger partial charge in [-0.2, -0.15) is 0 Å². The summed E-state index contributed by atoms with van der Waals surface area (Å²) in [5.74, 6) is -3.59. The molecule has 12 nitrogen and oxygen atoms in total. The Balaban J connectivity index is 3.31. The van der Waals surface area contributed by atoms with Crippen LogP contribution in [0.5, 0.6) is 0 Å². The van der Waals surface area contributed by atoms with E-state index in [0.29, 0.717) is 0 Å². The first kappa shape index (κ1) is 24.0. The molecular formula is C17H23NO11. The Kier molecular flexibility index (Phi) is 9.19. The molecule has 5 atom stereocenters. The van der Waals surface area contributed by atoms with Gasteiger partial charge in [-0.05, 0) is 0 Å². The van der Waals surface area contributed by atoms with E-state index < -0.39 is 60.4 Å². The number of rotatable bonds is 7. The number of hydrogen-bond acceptors (Lipinski definition) is 12. The van der Waals surface area contributed by atoms with Gasteiger partial charge in [-0.1, -0.05) is 5.16 Å². The SMILES string of the molecule is CC(=O)OC[C@H]1O[C@@H](/C=N\OC(C)=O)[C@H](OC(C)=O)[C@@H](OC(C)=O)[C@H]1OC(C)=O. The normalized spacial score (nSPS) is 26.3. The molecule has 0 N–H and O–H groups in total. The highest BCUT2D eigenvalue weighted by atomic mass is 16.7. The minimum absolute atomic E-state index is 0.365. The topological polar surface area (TPSA) is 153 Å². The summed E-state index contributed by atoms with van der Waals surface area (Å²) in [6, 6.07) is 0. The summed E-state index contributed by atoms with van der Waals surface area (Å²) >= 11 is 0. The smallest absolute Gasteiger partial charge is 0.331 e. The lowest BCUT2D eigenvalue weighted by Gasteiger charge is -2.43. The van der Waals surface area contributed by atoms with Crippen LogP contribution in [0.25, 0.3) is 0 Å². The summed E-state index contributed by atoms with van der Waals surface area (Å²) in [7, 11) is 0. The lowest BCUT2D eigenvalue weighted by Crippen LogP contribution is -2.62. The van der Waals surface area contributed by atoms with Gasteiger partial charge in [-0.15, -0.1) is 0 Å². The number of hydrogen-bond donors (Lipinski definition) is 0. The van der Waals surface area contributed by atoms with Crippen LogP contribution >= 0.6 is 0 Å². The number of oxime groups is 1. The van der Waals surface area contributed by atoms with Gasteiger partial charge < -0.3 is 28.5 Å². The maximum Gasteiger partial charge on any atom is 0.331 e. The van der Waals surface area contributed by atoms with Gasteiger partial charge in [0.05, 0.1) is 6.21 Å². The standard InChI is InChI=1S/C17H23NO11/c1-8(19)24-7-14-16(26-10(3)21)17(27-11(4)22)15(25-9(2)20)13(28-14)6-18-29-12(5)23/h6,13-17H,7H2,1-5H3/b18-6-/t13-,14+,15-,16-,17+/m0/s1. The van der Waals surface area contributed by atoms with Crippen LogP contribution in [-0.2, 0) is 52.5 Å². The zero-order valence-corrected chi connectivity index (χ0v) is 16.6. The second-order valence-electron chi connectivity index (χ2n) is 6.00. The molecule has 162 valence electrons. The van der Waals surface area contributed by atoms with Gasteiger partial charge in [0.2, 0.25) is 0 Å². The Morgan fingerprint density at radius 3 is 1.76 bits per heavy atom. The lowest BCUT2D eigenvalue weighted by molar-refractivity contribution is -0.240. The molecular weight excluding hydrogens is 394 g/mol. The molecule has 1 fully saturated rings. The van der Waals surface area contributed by atoms with Crippen molar-refractivity contribution < 1.29 is 52.5 Å². The van der Waals surface area contributed by atoms with Crippen LogP contribution in [0.15, 0.2) is 5.16 Å². The van der Waals surface area contributed by atoms with Crippen molar-refractivity contribution in [2.75, 3.05) is 6.61 Å². The van der Waals surface area contributed by atoms with E-state index in [-0.39, 0.29) is 6.61 Å². The average molecular weight is 417 g/mol. The monoisotopic (exact) mass is 417 g/mol. The molecule has 1 heterocycles. The quantitative estimate of drug-likeness (QED) is 0.176. The van der Waals surface area contributed by atoms with Crippen LogP contribution in [0.3, 0.4) is 0 Å². The zero-order valence-electron chi connectivity index (χ0n) is 16.6. The molecule has 0 aromatic heterocycles. The van der Waals surface area contributed by atoms with Gasteiger partial charge >= 0.3 is 29.8 Å². The highest BCUT2D eigenvalue weighted by Crippen LogP contribution is 2.28. The highest BCUT2D eigenvalue weighted by Gasteiger charge is 2.51. The van der Waals surface area contributed by atoms with Crippen LogP contribution in [0.2, 0.25) is 0 Å². The third kappa shape index (κ3) is 8.25. The minimum Gasteiger partial charge on any atom is -0.463 e. The molecule has 0 bridgehead atoms. The first-order valence-corrected chi connectivity index (χ1v) is 8.52. The summed E-state index contributed by atoms with van der Waals surface area (Å²) in [6.45, 7) is 5.24. The fraction of sp³-hybridized carbons (Fsp3) is 0.647. The minimum atomic E-state index is -1.32. The predicted molar refractivity (Wildman–Crippen MR) is 92.2 cm³/mol. The van der Waals surface area contributed by atoms with Crippen LogP contribution in [0.1, 0.15) is 34.6 Å². The molecule has 0 unspecified atom stereocenters. The van der Waals surface area contributed by atoms with Gasteiger partial charge in [-0.25, -0.2) is 4.79 Å². The summed E-state index contributed by atoms with van der Waals surface area (Å²) in [6.07, 6.45) is -5.16. The Morgan fingerprint density at radius 2 is 1.28 bits per heavy atom. The van der Waals surface area contributed by atoms with E-state index in [9.17, 15) is 24.0 Å². The molecule has 0 spiro atoms. The van der Waals surface area contributed by atoms with Gasteiger partial charge in [0.1, 0.15) is 18.8 Å². The number of carbonyl (C=O) groups is 5. The van der Waals surface area contributed by atoms with Crippen LogP contribution in [0, 0.1) is 0 Å². The summed E-state index contributed by atoms with van der Waals surface area (Å²) in [4.78, 5) is 61.3. The van der Waals surface area contributed by atoms with Gasteiger partial charge in [-0.3, -0.25) is 19.2 Å². The molecule has 1 saturated heterocycles. The molecule has 1 aliphatic rings. The summed E-state index contributed by atoms with van der Waals surface area (Å²) in [5, 5.41) is 3.43. The molecule has 0 aromatic rings. The van der Waals surface area contributed by atoms with Crippen molar-refractivity contribution >= 4 is 36.1 Å². The Hall–Kier alpha value is -3.02. The molecule has 0 radical (unpaired) electrons. The van der Waals surface area contributed by atoms with Crippen LogP contribution in [0.4, 0.5) is 0 Å². The van der Waals surface area contributed by atoms with Gasteiger partial charge in [0.15, 0.2) is 18.3 Å². The van der Waals surface area contributed by atoms with Crippen LogP contribution < -0.4 is 0 Å². The summed E-state index contributed by atoms with van der Waals surface area (Å²) in [5.41, 5.74) is 0. The fourth-order valence-corrected chi connectivity index (χ4v) is 2.55. The maximum atomic E-state index is 11.6. The van der Waals surface area contributed by atoms with E-state index in [1.165, 1.54) is 0 Å². The van der Waals surface area contributed by atoms with Crippen molar-refractivity contribution in [1.82, 2.24) is 0 Å². The average Bonchev–Trinajstić information content (AvgIpc) is 2.56. The first-order chi connectivity index (χ1) is 13.5. The number of ether oxygens (including phenoxy) is 5. The maximum absolute atomic E-state index is 11.6. The third-order valence-electron chi connectivity index (χ3n) is 3.42. The van der Waals surface area contributed by atoms with E-state index in [2.05, 4.69) is 9.99 Å². The van der Waals surface area contributed by atoms with E-state index in [4.69, 9.17) is 23.7 Å². The van der Waals surface area contributed by atoms with E-state index >= 15 is 0 Å². The number of nitrogens with zero attached hydrogens (tertiary/aromatic N) is 1. The van der Waals surface area contributed by atoms with E-state index in [1.807, 2.05) is 0 Å². The molecule has 12 heteroatoms. The number of carbonyl (C=O) groups excluding carboxylic acids is 5. The van der Waals surface area contributed by atoms with Crippen molar-refractivity contribution in [2.24, 2.45) is 5.16 Å². The molecule has 0 aromatic carbocycles. The summed E-state index contributed by atoms with van der Waals surface area (Å²) < 4.78 is 26.2. The molecule has 0 aliphatic carbocycles. The van der Waals surface area contributed by atoms with Crippen molar-refractivity contribution in [3.05, 3.63) is 0 Å². The third-order valence-corrected chi connectivity index (χ3v) is 3.42. The van der Waals surface area contributed by atoms with Crippen LogP contribution in [-0.4, -0.2) is 73.2 Å². The first-order valence-electron chi connectivity index (χ1n) is 8.52. The molecule has 1 aliphatic heterocycles. The van der Waals surface area contributed by atoms with Crippen molar-refractivity contribution in [3.8, 4) is 0 Å². The Labute approximate surface area is 166 Å². The van der Waals surface area contributed by atoms with Crippen molar-refractivity contribution in [2.45, 2.75) is 65.1 Å². The molecule has 0 amide bonds. The van der Waals surface area contributed by atoms with Gasteiger partial charge in [0.25, 0.3) is 0 Å². The zero-order chi connectivity index (χ0) is 22.1. The second-order valence-corrected chi connectivity index (χ2v) is 6.00. The number of esters is 4. The Bertz CT molecular complexity index is 674. The second kappa shape index (κ2) is 11.1. The lowest BCUT2D eigenvalue weighted by atomic mass is 9.94. The molecule has 1 rings (SSSR count). The van der Waals surface area contributed by atoms with Crippen molar-refractivity contribution in [3.63, 3.8) is 0 Å². The molecule has 29 heavy (non-hydrogen) atoms. The van der Waals surface area contributed by atoms with Crippen molar-refractivity contribution in [1.29, 1.82) is 0 Å². The largest absolute Gasteiger partial charge is 0.463 e. The highest BCUT2D eigenvalue weighted by molar-refractivity contribution is 5.72. The fourth-order valence-electron chi connectivity index (χ4n) is 2.55. The van der Waals surface area contributed by atoms with E-state index in [0.717, 1.165) is 40.8 Å². The van der Waals surface area contributed by atoms with E-state index in [1.54, 1.807) is 0 Å². The Morgan fingerprint density at radius 1 is 0.759 bits per heavy atom. The van der Waals surface area contributed by atoms with Gasteiger partial charge in [0, 0.05) is 34.6 Å². The predicted octanol–water partition coefficient (Wildman–Crippen LogP) is -0.339.